The van der Waals surface area contributed by atoms with E-state index in [-0.39, 0.29) is 23.6 Å². The zero-order valence-corrected chi connectivity index (χ0v) is 19.9. The molecule has 1 saturated carbocycles. The van der Waals surface area contributed by atoms with Gasteiger partial charge in [-0.3, -0.25) is 9.59 Å². The van der Waals surface area contributed by atoms with Gasteiger partial charge in [0.05, 0.1) is 12.8 Å². The smallest absolute Gasteiger partial charge is 0.469 e. The summed E-state index contributed by atoms with van der Waals surface area (Å²) in [4.78, 5) is 24.0. The van der Waals surface area contributed by atoms with Crippen LogP contribution in [0.5, 0.6) is 5.75 Å². The number of carbonyl (C=O) groups excluding carboxylic acids is 2. The molecule has 0 spiro atoms. The maximum Gasteiger partial charge on any atom is 0.573 e. The molecule has 9 nitrogen and oxygen atoms in total. The van der Waals surface area contributed by atoms with Crippen LogP contribution in [0.15, 0.2) is 52.9 Å². The first-order valence-electron chi connectivity index (χ1n) is 11.6. The molecule has 2 N–H and O–H groups in total. The van der Waals surface area contributed by atoms with Crippen molar-refractivity contribution in [2.24, 2.45) is 5.92 Å². The molecule has 0 unspecified atom stereocenters. The fourth-order valence-corrected chi connectivity index (χ4v) is 4.31. The van der Waals surface area contributed by atoms with Crippen LogP contribution in [0.3, 0.4) is 0 Å². The van der Waals surface area contributed by atoms with Gasteiger partial charge in [0.15, 0.2) is 5.75 Å². The summed E-state index contributed by atoms with van der Waals surface area (Å²) in [6.45, 7) is 0. The van der Waals surface area contributed by atoms with E-state index in [0.29, 0.717) is 23.9 Å². The molecular weight excluding hydrogens is 493 g/mol. The Hall–Kier alpha value is -4.09. The molecule has 12 heteroatoms. The number of hydrogen-bond donors (Lipinski definition) is 2. The lowest BCUT2D eigenvalue weighted by molar-refractivity contribution is -0.274. The number of alkyl halides is 3. The van der Waals surface area contributed by atoms with Crippen molar-refractivity contribution >= 4 is 29.3 Å². The Labute approximate surface area is 210 Å². The van der Waals surface area contributed by atoms with Gasteiger partial charge in [0.1, 0.15) is 0 Å². The van der Waals surface area contributed by atoms with Crippen molar-refractivity contribution in [1.29, 1.82) is 0 Å². The number of para-hydroxylation sites is 2. The van der Waals surface area contributed by atoms with Crippen molar-refractivity contribution in [2.45, 2.75) is 44.4 Å². The summed E-state index contributed by atoms with van der Waals surface area (Å²) in [7, 11) is 1.40. The summed E-state index contributed by atoms with van der Waals surface area (Å²) in [5, 5.41) is 12.5. The number of carbonyl (C=O) groups is 2. The number of halogens is 3. The van der Waals surface area contributed by atoms with E-state index in [0.717, 1.165) is 37.3 Å². The first kappa shape index (κ1) is 26.0. The van der Waals surface area contributed by atoms with Gasteiger partial charge in [-0.25, -0.2) is 0 Å². The second-order valence-corrected chi connectivity index (χ2v) is 8.66. The molecule has 0 atom stereocenters. The maximum atomic E-state index is 12.6. The highest BCUT2D eigenvalue weighted by Crippen LogP contribution is 2.37. The molecule has 0 bridgehead atoms. The normalized spacial score (nSPS) is 17.6. The molecular formula is C25H25F3N4O5. The number of methoxy groups -OCH3 is 1. The van der Waals surface area contributed by atoms with E-state index in [1.54, 1.807) is 12.1 Å². The second-order valence-electron chi connectivity index (χ2n) is 8.66. The van der Waals surface area contributed by atoms with Gasteiger partial charge >= 0.3 is 30.1 Å². The number of esters is 1. The first-order valence-corrected chi connectivity index (χ1v) is 11.6. The summed E-state index contributed by atoms with van der Waals surface area (Å²) in [5.41, 5.74) is 1.61. The van der Waals surface area contributed by atoms with E-state index in [1.165, 1.54) is 25.3 Å². The van der Waals surface area contributed by atoms with Crippen molar-refractivity contribution in [2.75, 3.05) is 17.7 Å². The topological polar surface area (TPSA) is 116 Å². The van der Waals surface area contributed by atoms with E-state index in [9.17, 15) is 22.8 Å². The fourth-order valence-electron chi connectivity index (χ4n) is 4.31. The minimum Gasteiger partial charge on any atom is -0.469 e. The quantitative estimate of drug-likeness (QED) is 0.360. The van der Waals surface area contributed by atoms with Gasteiger partial charge < -0.3 is 24.5 Å². The molecule has 1 aliphatic carbocycles. The highest BCUT2D eigenvalue weighted by molar-refractivity contribution is 6.00. The number of amides is 1. The third-order valence-corrected chi connectivity index (χ3v) is 6.14. The van der Waals surface area contributed by atoms with E-state index in [2.05, 4.69) is 25.6 Å². The number of anilines is 3. The predicted octanol–water partition coefficient (Wildman–Crippen LogP) is 5.80. The molecule has 196 valence electrons. The molecule has 1 aliphatic rings. The van der Waals surface area contributed by atoms with Gasteiger partial charge in [-0.2, -0.15) is 0 Å². The van der Waals surface area contributed by atoms with Gasteiger partial charge in [0.2, 0.25) is 0 Å². The van der Waals surface area contributed by atoms with Crippen LogP contribution in [-0.2, 0) is 9.53 Å². The van der Waals surface area contributed by atoms with Gasteiger partial charge in [-0.05, 0) is 67.3 Å². The number of nitrogens with zero attached hydrogens (tertiary/aromatic N) is 2. The third-order valence-electron chi connectivity index (χ3n) is 6.14. The zero-order chi connectivity index (χ0) is 26.4. The van der Waals surface area contributed by atoms with Gasteiger partial charge in [0.25, 0.3) is 0 Å². The van der Waals surface area contributed by atoms with E-state index < -0.39 is 18.0 Å². The molecule has 1 aromatic heterocycles. The SMILES string of the molecule is COC(=O)CC1CCC(c2ccc(NC(=O)c3nnc(Nc4ccccc4OC(F)(F)F)o3)cc2)CC1. The second kappa shape index (κ2) is 11.3. The Bertz CT molecular complexity index is 1220. The highest BCUT2D eigenvalue weighted by atomic mass is 19.4. The van der Waals surface area contributed by atoms with Crippen LogP contribution >= 0.6 is 0 Å². The van der Waals surface area contributed by atoms with Gasteiger partial charge in [0, 0.05) is 12.1 Å². The molecule has 0 radical (unpaired) electrons. The van der Waals surface area contributed by atoms with Crippen molar-refractivity contribution in [1.82, 2.24) is 10.2 Å². The van der Waals surface area contributed by atoms with Crippen LogP contribution in [0.1, 0.15) is 54.3 Å². The Morgan fingerprint density at radius 3 is 2.41 bits per heavy atom. The van der Waals surface area contributed by atoms with Crippen LogP contribution in [-0.4, -0.2) is 35.5 Å². The summed E-state index contributed by atoms with van der Waals surface area (Å²) in [6, 6.07) is 12.5. The Morgan fingerprint density at radius 2 is 1.73 bits per heavy atom. The van der Waals surface area contributed by atoms with Crippen molar-refractivity contribution < 1.29 is 36.7 Å². The Kier molecular flexibility index (Phi) is 7.95. The van der Waals surface area contributed by atoms with E-state index >= 15 is 0 Å². The molecule has 3 aromatic rings. The van der Waals surface area contributed by atoms with Crippen LogP contribution in [0.25, 0.3) is 0 Å². The molecule has 1 fully saturated rings. The number of aromatic nitrogens is 2. The first-order chi connectivity index (χ1) is 17.7. The van der Waals surface area contributed by atoms with E-state index in [1.807, 2.05) is 12.1 Å². The summed E-state index contributed by atoms with van der Waals surface area (Å²) < 4.78 is 51.8. The molecule has 0 saturated heterocycles. The average molecular weight is 518 g/mol. The van der Waals surface area contributed by atoms with Crippen molar-refractivity contribution in [3.8, 4) is 5.75 Å². The summed E-state index contributed by atoms with van der Waals surface area (Å²) in [5.74, 6) is -0.973. The molecule has 2 aromatic carbocycles. The predicted molar refractivity (Wildman–Crippen MR) is 126 cm³/mol. The monoisotopic (exact) mass is 518 g/mol. The summed E-state index contributed by atoms with van der Waals surface area (Å²) >= 11 is 0. The lowest BCUT2D eigenvalue weighted by atomic mass is 9.77. The maximum absolute atomic E-state index is 12.6. The molecule has 4 rings (SSSR count). The Balaban J connectivity index is 1.32. The Morgan fingerprint density at radius 1 is 1.03 bits per heavy atom. The third kappa shape index (κ3) is 7.21. The minimum atomic E-state index is -4.88. The van der Waals surface area contributed by atoms with Crippen LogP contribution < -0.4 is 15.4 Å². The van der Waals surface area contributed by atoms with Crippen molar-refractivity contribution in [3.05, 3.63) is 60.0 Å². The molecule has 37 heavy (non-hydrogen) atoms. The molecule has 1 heterocycles. The number of benzene rings is 2. The van der Waals surface area contributed by atoms with Crippen LogP contribution in [0, 0.1) is 5.92 Å². The van der Waals surface area contributed by atoms with Crippen LogP contribution in [0.4, 0.5) is 30.6 Å². The number of rotatable bonds is 8. The minimum absolute atomic E-state index is 0.0645. The zero-order valence-electron chi connectivity index (χ0n) is 19.9. The standard InChI is InChI=1S/C25H25F3N4O5/c1-35-21(33)14-15-6-8-16(9-7-15)17-10-12-18(13-11-17)29-22(34)23-31-32-24(36-23)30-19-4-2-3-5-20(19)37-25(26,27)28/h2-5,10-13,15-16H,6-9,14H2,1H3,(H,29,34)(H,30,32). The fraction of sp³-hybridized carbons (Fsp3) is 0.360. The van der Waals surface area contributed by atoms with Gasteiger partial charge in [-0.1, -0.05) is 29.4 Å². The lowest BCUT2D eigenvalue weighted by Gasteiger charge is -2.28. The number of ether oxygens (including phenoxy) is 2. The van der Waals surface area contributed by atoms with Crippen molar-refractivity contribution in [3.63, 3.8) is 0 Å². The largest absolute Gasteiger partial charge is 0.573 e. The van der Waals surface area contributed by atoms with Gasteiger partial charge in [-0.15, -0.1) is 18.3 Å². The average Bonchev–Trinajstić information content (AvgIpc) is 3.34. The molecule has 1 amide bonds. The number of hydrogen-bond acceptors (Lipinski definition) is 8. The molecule has 0 aliphatic heterocycles. The summed E-state index contributed by atoms with van der Waals surface area (Å²) in [6.07, 6.45) is -0.562. The van der Waals surface area contributed by atoms with E-state index in [4.69, 9.17) is 9.15 Å². The number of nitrogens with one attached hydrogen (secondary N) is 2. The highest BCUT2D eigenvalue weighted by Gasteiger charge is 2.32. The lowest BCUT2D eigenvalue weighted by Crippen LogP contribution is -2.17. The van der Waals surface area contributed by atoms with Crippen LogP contribution in [0.2, 0.25) is 0 Å².